The number of hydrogen-bond acceptors (Lipinski definition) is 4. The van der Waals surface area contributed by atoms with Crippen molar-refractivity contribution in [3.05, 3.63) is 59.7 Å². The number of benzene rings is 2. The molecule has 0 radical (unpaired) electrons. The number of ether oxygens (including phenoxy) is 1. The summed E-state index contributed by atoms with van der Waals surface area (Å²) in [7, 11) is 0. The van der Waals surface area contributed by atoms with Crippen LogP contribution in [0.4, 0.5) is 11.4 Å². The van der Waals surface area contributed by atoms with Crippen molar-refractivity contribution in [2.75, 3.05) is 29.9 Å². The average molecular weight is 379 g/mol. The molecule has 1 aliphatic heterocycles. The maximum Gasteiger partial charge on any atom is 0.248 e. The summed E-state index contributed by atoms with van der Waals surface area (Å²) in [5.41, 5.74) is 8.08. The van der Waals surface area contributed by atoms with Gasteiger partial charge in [-0.3, -0.25) is 9.59 Å². The van der Waals surface area contributed by atoms with Crippen LogP contribution < -0.4 is 20.7 Å². The third-order valence-electron chi connectivity index (χ3n) is 4.62. The molecule has 0 aliphatic carbocycles. The Morgan fingerprint density at radius 3 is 2.64 bits per heavy atom. The van der Waals surface area contributed by atoms with Gasteiger partial charge in [-0.1, -0.05) is 18.2 Å². The van der Waals surface area contributed by atoms with Gasteiger partial charge in [-0.15, -0.1) is 0 Å². The summed E-state index contributed by atoms with van der Waals surface area (Å²) in [4.78, 5) is 26.3. The number of amides is 2. The minimum Gasteiger partial charge on any atom is -0.493 e. The summed E-state index contributed by atoms with van der Waals surface area (Å²) in [6.45, 7) is 4.32. The normalized spacial score (nSPS) is 13.7. The molecule has 0 unspecified atom stereocenters. The van der Waals surface area contributed by atoms with Crippen LogP contribution in [0.2, 0.25) is 0 Å². The lowest BCUT2D eigenvalue weighted by atomic mass is 10.1. The molecule has 6 heteroatoms. The Balaban J connectivity index is 1.81. The molecule has 6 nitrogen and oxygen atoms in total. The van der Waals surface area contributed by atoms with Crippen LogP contribution in [0, 0.1) is 0 Å². The van der Waals surface area contributed by atoms with E-state index in [2.05, 4.69) is 10.2 Å². The number of anilines is 2. The largest absolute Gasteiger partial charge is 0.493 e. The first-order chi connectivity index (χ1) is 13.6. The number of nitrogens with one attached hydrogen (secondary N) is 1. The highest BCUT2D eigenvalue weighted by Crippen LogP contribution is 2.30. The van der Waals surface area contributed by atoms with Crippen LogP contribution in [-0.4, -0.2) is 31.5 Å². The lowest BCUT2D eigenvalue weighted by Gasteiger charge is -2.22. The predicted molar refractivity (Wildman–Crippen MR) is 112 cm³/mol. The van der Waals surface area contributed by atoms with E-state index in [1.54, 1.807) is 18.2 Å². The summed E-state index contributed by atoms with van der Waals surface area (Å²) >= 11 is 0. The van der Waals surface area contributed by atoms with Crippen molar-refractivity contribution in [1.29, 1.82) is 0 Å². The van der Waals surface area contributed by atoms with Crippen LogP contribution in [0.3, 0.4) is 0 Å². The van der Waals surface area contributed by atoms with Gasteiger partial charge in [0.1, 0.15) is 5.75 Å². The van der Waals surface area contributed by atoms with E-state index in [0.29, 0.717) is 17.9 Å². The van der Waals surface area contributed by atoms with E-state index in [-0.39, 0.29) is 5.91 Å². The van der Waals surface area contributed by atoms with Crippen LogP contribution in [0.1, 0.15) is 35.7 Å². The standard InChI is InChI=1S/C22H25N3O3/c1-2-28-20-8-4-3-7-16(20)10-12-21(26)24-18-15-17(22(23)27)9-11-19(18)25-13-5-6-14-25/h3-4,7-12,15H,2,5-6,13-14H2,1H3,(H2,23,27)(H,24,26)/b12-10+. The first-order valence-electron chi connectivity index (χ1n) is 9.48. The first kappa shape index (κ1) is 19.5. The van der Waals surface area contributed by atoms with E-state index < -0.39 is 5.91 Å². The van der Waals surface area contributed by atoms with Crippen LogP contribution >= 0.6 is 0 Å². The monoisotopic (exact) mass is 379 g/mol. The zero-order valence-corrected chi connectivity index (χ0v) is 16.0. The molecule has 28 heavy (non-hydrogen) atoms. The second kappa shape index (κ2) is 9.08. The van der Waals surface area contributed by atoms with E-state index in [0.717, 1.165) is 42.9 Å². The predicted octanol–water partition coefficient (Wildman–Crippen LogP) is 3.44. The number of hydrogen-bond donors (Lipinski definition) is 2. The summed E-state index contributed by atoms with van der Waals surface area (Å²) in [5, 5.41) is 2.89. The van der Waals surface area contributed by atoms with Crippen LogP contribution in [0.25, 0.3) is 6.08 Å². The molecule has 1 saturated heterocycles. The first-order valence-corrected chi connectivity index (χ1v) is 9.48. The highest BCUT2D eigenvalue weighted by Gasteiger charge is 2.18. The van der Waals surface area contributed by atoms with Gasteiger partial charge in [-0.25, -0.2) is 0 Å². The van der Waals surface area contributed by atoms with Gasteiger partial charge in [0.25, 0.3) is 0 Å². The molecule has 2 aromatic carbocycles. The number of rotatable bonds is 7. The zero-order valence-electron chi connectivity index (χ0n) is 16.0. The Labute approximate surface area is 165 Å². The average Bonchev–Trinajstić information content (AvgIpc) is 3.22. The summed E-state index contributed by atoms with van der Waals surface area (Å²) in [6, 6.07) is 12.7. The molecule has 146 valence electrons. The van der Waals surface area contributed by atoms with Gasteiger partial charge < -0.3 is 20.7 Å². The quantitative estimate of drug-likeness (QED) is 0.722. The SMILES string of the molecule is CCOc1ccccc1/C=C/C(=O)Nc1cc(C(N)=O)ccc1N1CCCC1. The van der Waals surface area contributed by atoms with Gasteiger partial charge in [0.05, 0.1) is 18.0 Å². The Hall–Kier alpha value is -3.28. The van der Waals surface area contributed by atoms with Crippen molar-refractivity contribution in [3.63, 3.8) is 0 Å². The number of carbonyl (C=O) groups is 2. The molecule has 1 fully saturated rings. The second-order valence-corrected chi connectivity index (χ2v) is 6.58. The van der Waals surface area contributed by atoms with Crippen molar-refractivity contribution < 1.29 is 14.3 Å². The molecule has 0 aromatic heterocycles. The van der Waals surface area contributed by atoms with Gasteiger partial charge in [0, 0.05) is 30.3 Å². The van der Waals surface area contributed by atoms with E-state index in [4.69, 9.17) is 10.5 Å². The third-order valence-corrected chi connectivity index (χ3v) is 4.62. The molecule has 3 N–H and O–H groups in total. The fourth-order valence-electron chi connectivity index (χ4n) is 3.27. The Morgan fingerprint density at radius 1 is 1.18 bits per heavy atom. The topological polar surface area (TPSA) is 84.7 Å². The maximum atomic E-state index is 12.5. The maximum absolute atomic E-state index is 12.5. The molecule has 2 amide bonds. The zero-order chi connectivity index (χ0) is 19.9. The molecule has 1 heterocycles. The molecule has 3 rings (SSSR count). The van der Waals surface area contributed by atoms with Gasteiger partial charge in [0.2, 0.25) is 11.8 Å². The van der Waals surface area contributed by atoms with Crippen LogP contribution in [0.5, 0.6) is 5.75 Å². The number of nitrogens with two attached hydrogens (primary N) is 1. The summed E-state index contributed by atoms with van der Waals surface area (Å²) in [5.74, 6) is -0.0828. The fraction of sp³-hybridized carbons (Fsp3) is 0.273. The number of carbonyl (C=O) groups excluding carboxylic acids is 2. The van der Waals surface area contributed by atoms with Gasteiger partial charge in [0.15, 0.2) is 0 Å². The highest BCUT2D eigenvalue weighted by atomic mass is 16.5. The summed E-state index contributed by atoms with van der Waals surface area (Å²) in [6.07, 6.45) is 5.40. The molecule has 0 atom stereocenters. The van der Waals surface area contributed by atoms with Crippen molar-refractivity contribution in [1.82, 2.24) is 0 Å². The Morgan fingerprint density at radius 2 is 1.93 bits per heavy atom. The van der Waals surface area contributed by atoms with Crippen molar-refractivity contribution in [2.45, 2.75) is 19.8 Å². The molecular formula is C22H25N3O3. The molecule has 0 bridgehead atoms. The second-order valence-electron chi connectivity index (χ2n) is 6.58. The molecule has 2 aromatic rings. The molecular weight excluding hydrogens is 354 g/mol. The summed E-state index contributed by atoms with van der Waals surface area (Å²) < 4.78 is 5.58. The van der Waals surface area contributed by atoms with Crippen molar-refractivity contribution in [3.8, 4) is 5.75 Å². The van der Waals surface area contributed by atoms with Crippen molar-refractivity contribution in [2.24, 2.45) is 5.73 Å². The number of primary amides is 1. The number of para-hydroxylation sites is 1. The van der Waals surface area contributed by atoms with Gasteiger partial charge >= 0.3 is 0 Å². The number of nitrogens with zero attached hydrogens (tertiary/aromatic N) is 1. The third kappa shape index (κ3) is 4.71. The van der Waals surface area contributed by atoms with Crippen LogP contribution in [-0.2, 0) is 4.79 Å². The van der Waals surface area contributed by atoms with E-state index in [1.807, 2.05) is 37.3 Å². The van der Waals surface area contributed by atoms with Gasteiger partial charge in [-0.2, -0.15) is 0 Å². The van der Waals surface area contributed by atoms with Gasteiger partial charge in [-0.05, 0) is 50.1 Å². The lowest BCUT2D eigenvalue weighted by molar-refractivity contribution is -0.111. The molecule has 0 spiro atoms. The Bertz CT molecular complexity index is 886. The smallest absolute Gasteiger partial charge is 0.248 e. The molecule has 0 saturated carbocycles. The lowest BCUT2D eigenvalue weighted by Crippen LogP contribution is -2.21. The highest BCUT2D eigenvalue weighted by molar-refractivity contribution is 6.05. The molecule has 1 aliphatic rings. The van der Waals surface area contributed by atoms with E-state index in [1.165, 1.54) is 6.08 Å². The van der Waals surface area contributed by atoms with E-state index in [9.17, 15) is 9.59 Å². The van der Waals surface area contributed by atoms with Crippen LogP contribution in [0.15, 0.2) is 48.5 Å². The minimum atomic E-state index is -0.523. The fourth-order valence-corrected chi connectivity index (χ4v) is 3.27. The van der Waals surface area contributed by atoms with E-state index >= 15 is 0 Å². The minimum absolute atomic E-state index is 0.284. The van der Waals surface area contributed by atoms with Crippen molar-refractivity contribution >= 4 is 29.3 Å². The Kier molecular flexibility index (Phi) is 6.32.